The molecule has 2 aliphatic rings. The summed E-state index contributed by atoms with van der Waals surface area (Å²) in [6.07, 6.45) is 6.22. The number of amides is 2. The molecule has 23 heavy (non-hydrogen) atoms. The summed E-state index contributed by atoms with van der Waals surface area (Å²) in [5, 5.41) is 0. The normalized spacial score (nSPS) is 19.7. The predicted octanol–water partition coefficient (Wildman–Crippen LogP) is 2.35. The van der Waals surface area contributed by atoms with Gasteiger partial charge < -0.3 is 15.4 Å². The average Bonchev–Trinajstić information content (AvgIpc) is 3.07. The van der Waals surface area contributed by atoms with E-state index < -0.39 is 0 Å². The molecule has 0 aromatic heterocycles. The van der Waals surface area contributed by atoms with E-state index in [0.717, 1.165) is 18.6 Å². The van der Waals surface area contributed by atoms with E-state index in [1.807, 2.05) is 24.3 Å². The summed E-state index contributed by atoms with van der Waals surface area (Å²) >= 11 is 0. The van der Waals surface area contributed by atoms with E-state index in [4.69, 9.17) is 10.5 Å². The molecule has 0 bridgehead atoms. The smallest absolute Gasteiger partial charge is 0.253 e. The fraction of sp³-hybridized carbons (Fsp3) is 0.556. The van der Waals surface area contributed by atoms with Crippen molar-refractivity contribution >= 4 is 11.8 Å². The van der Waals surface area contributed by atoms with Crippen molar-refractivity contribution in [2.45, 2.75) is 44.6 Å². The first kappa shape index (κ1) is 15.8. The third kappa shape index (κ3) is 3.84. The molecule has 1 aromatic carbocycles. The van der Waals surface area contributed by atoms with Gasteiger partial charge in [-0.3, -0.25) is 9.59 Å². The lowest BCUT2D eigenvalue weighted by molar-refractivity contribution is -0.123. The van der Waals surface area contributed by atoms with Gasteiger partial charge in [0, 0.05) is 24.6 Å². The van der Waals surface area contributed by atoms with Crippen LogP contribution in [-0.4, -0.2) is 35.9 Å². The molecule has 0 unspecified atom stereocenters. The maximum atomic E-state index is 12.6. The summed E-state index contributed by atoms with van der Waals surface area (Å²) in [6.45, 7) is 1.17. The SMILES string of the molecule is NC(=O)C1CCN(C(=O)c2cccc(OC3CCCC3)c2)CC1. The molecular weight excluding hydrogens is 292 g/mol. The Morgan fingerprint density at radius 2 is 1.78 bits per heavy atom. The average molecular weight is 316 g/mol. The first-order valence-electron chi connectivity index (χ1n) is 8.49. The number of ether oxygens (including phenoxy) is 1. The third-order valence-corrected chi connectivity index (χ3v) is 4.87. The van der Waals surface area contributed by atoms with Crippen molar-refractivity contribution in [3.8, 4) is 5.75 Å². The minimum Gasteiger partial charge on any atom is -0.490 e. The Bertz CT molecular complexity index is 573. The molecule has 1 aliphatic carbocycles. The fourth-order valence-electron chi connectivity index (χ4n) is 3.45. The van der Waals surface area contributed by atoms with Crippen LogP contribution in [-0.2, 0) is 4.79 Å². The van der Waals surface area contributed by atoms with Crippen molar-refractivity contribution in [1.29, 1.82) is 0 Å². The Kier molecular flexibility index (Phi) is 4.84. The minimum absolute atomic E-state index is 0.00444. The van der Waals surface area contributed by atoms with Crippen LogP contribution in [0.5, 0.6) is 5.75 Å². The van der Waals surface area contributed by atoms with E-state index in [2.05, 4.69) is 0 Å². The number of hydrogen-bond acceptors (Lipinski definition) is 3. The van der Waals surface area contributed by atoms with E-state index in [1.165, 1.54) is 12.8 Å². The molecule has 3 rings (SSSR count). The van der Waals surface area contributed by atoms with Gasteiger partial charge in [0.2, 0.25) is 5.91 Å². The van der Waals surface area contributed by atoms with Crippen LogP contribution in [0, 0.1) is 5.92 Å². The number of benzene rings is 1. The molecule has 0 radical (unpaired) electrons. The van der Waals surface area contributed by atoms with Gasteiger partial charge in [-0.25, -0.2) is 0 Å². The number of primary amides is 1. The maximum Gasteiger partial charge on any atom is 0.253 e. The Morgan fingerprint density at radius 1 is 1.09 bits per heavy atom. The van der Waals surface area contributed by atoms with Crippen LogP contribution in [0.3, 0.4) is 0 Å². The summed E-state index contributed by atoms with van der Waals surface area (Å²) in [6, 6.07) is 7.44. The second-order valence-corrected chi connectivity index (χ2v) is 6.52. The lowest BCUT2D eigenvalue weighted by atomic mass is 9.96. The van der Waals surface area contributed by atoms with Crippen molar-refractivity contribution in [3.05, 3.63) is 29.8 Å². The van der Waals surface area contributed by atoms with Gasteiger partial charge >= 0.3 is 0 Å². The number of piperidine rings is 1. The monoisotopic (exact) mass is 316 g/mol. The quantitative estimate of drug-likeness (QED) is 0.926. The predicted molar refractivity (Wildman–Crippen MR) is 87.1 cm³/mol. The van der Waals surface area contributed by atoms with Gasteiger partial charge in [0.15, 0.2) is 0 Å². The fourth-order valence-corrected chi connectivity index (χ4v) is 3.45. The van der Waals surface area contributed by atoms with Gasteiger partial charge in [0.05, 0.1) is 6.10 Å². The first-order valence-corrected chi connectivity index (χ1v) is 8.49. The molecular formula is C18H24N2O3. The van der Waals surface area contributed by atoms with Crippen LogP contribution in [0.4, 0.5) is 0 Å². The molecule has 1 saturated carbocycles. The number of carbonyl (C=O) groups excluding carboxylic acids is 2. The van der Waals surface area contributed by atoms with Gasteiger partial charge in [-0.05, 0) is 56.7 Å². The van der Waals surface area contributed by atoms with Gasteiger partial charge in [-0.15, -0.1) is 0 Å². The van der Waals surface area contributed by atoms with Crippen molar-refractivity contribution in [3.63, 3.8) is 0 Å². The van der Waals surface area contributed by atoms with E-state index in [0.29, 0.717) is 31.5 Å². The van der Waals surface area contributed by atoms with E-state index in [1.54, 1.807) is 4.90 Å². The van der Waals surface area contributed by atoms with Crippen LogP contribution < -0.4 is 10.5 Å². The zero-order valence-electron chi connectivity index (χ0n) is 13.4. The van der Waals surface area contributed by atoms with Crippen molar-refractivity contribution in [2.75, 3.05) is 13.1 Å². The summed E-state index contributed by atoms with van der Waals surface area (Å²) < 4.78 is 5.97. The lowest BCUT2D eigenvalue weighted by Crippen LogP contribution is -2.41. The standard InChI is InChI=1S/C18H24N2O3/c19-17(21)13-8-10-20(11-9-13)18(22)14-4-3-7-16(12-14)23-15-5-1-2-6-15/h3-4,7,12-13,15H,1-2,5-6,8-11H2,(H2,19,21). The molecule has 5 heteroatoms. The Hall–Kier alpha value is -2.04. The molecule has 2 amide bonds. The summed E-state index contributed by atoms with van der Waals surface area (Å²) in [7, 11) is 0. The van der Waals surface area contributed by atoms with Gasteiger partial charge in [-0.2, -0.15) is 0 Å². The molecule has 0 atom stereocenters. The van der Waals surface area contributed by atoms with Gasteiger partial charge in [0.25, 0.3) is 5.91 Å². The second-order valence-electron chi connectivity index (χ2n) is 6.52. The number of nitrogens with two attached hydrogens (primary N) is 1. The lowest BCUT2D eigenvalue weighted by Gasteiger charge is -2.30. The molecule has 1 aliphatic heterocycles. The Morgan fingerprint density at radius 3 is 2.43 bits per heavy atom. The molecule has 1 saturated heterocycles. The summed E-state index contributed by atoms with van der Waals surface area (Å²) in [5.74, 6) is 0.416. The summed E-state index contributed by atoms with van der Waals surface area (Å²) in [5.41, 5.74) is 5.99. The highest BCUT2D eigenvalue weighted by Crippen LogP contribution is 2.25. The Balaban J connectivity index is 1.62. The first-order chi connectivity index (χ1) is 11.1. The number of carbonyl (C=O) groups is 2. The number of nitrogens with zero attached hydrogens (tertiary/aromatic N) is 1. The van der Waals surface area contributed by atoms with Gasteiger partial charge in [0.1, 0.15) is 5.75 Å². The van der Waals surface area contributed by atoms with Crippen LogP contribution >= 0.6 is 0 Å². The highest BCUT2D eigenvalue weighted by Gasteiger charge is 2.26. The molecule has 0 spiro atoms. The van der Waals surface area contributed by atoms with Crippen molar-refractivity contribution in [1.82, 2.24) is 4.90 Å². The topological polar surface area (TPSA) is 72.6 Å². The third-order valence-electron chi connectivity index (χ3n) is 4.87. The highest BCUT2D eigenvalue weighted by atomic mass is 16.5. The van der Waals surface area contributed by atoms with Crippen LogP contribution in [0.1, 0.15) is 48.9 Å². The molecule has 5 nitrogen and oxygen atoms in total. The van der Waals surface area contributed by atoms with E-state index in [-0.39, 0.29) is 23.8 Å². The Labute approximate surface area is 136 Å². The van der Waals surface area contributed by atoms with E-state index >= 15 is 0 Å². The minimum atomic E-state index is -0.260. The molecule has 2 N–H and O–H groups in total. The summed E-state index contributed by atoms with van der Waals surface area (Å²) in [4.78, 5) is 25.6. The van der Waals surface area contributed by atoms with Crippen LogP contribution in [0.25, 0.3) is 0 Å². The molecule has 124 valence electrons. The highest BCUT2D eigenvalue weighted by molar-refractivity contribution is 5.94. The van der Waals surface area contributed by atoms with Crippen LogP contribution in [0.2, 0.25) is 0 Å². The zero-order valence-corrected chi connectivity index (χ0v) is 13.4. The molecule has 1 aromatic rings. The molecule has 1 heterocycles. The van der Waals surface area contributed by atoms with Crippen molar-refractivity contribution in [2.24, 2.45) is 11.7 Å². The van der Waals surface area contributed by atoms with Crippen LogP contribution in [0.15, 0.2) is 24.3 Å². The van der Waals surface area contributed by atoms with Gasteiger partial charge in [-0.1, -0.05) is 6.07 Å². The zero-order chi connectivity index (χ0) is 16.2. The molecule has 2 fully saturated rings. The largest absolute Gasteiger partial charge is 0.490 e. The second kappa shape index (κ2) is 7.02. The maximum absolute atomic E-state index is 12.6. The van der Waals surface area contributed by atoms with Crippen molar-refractivity contribution < 1.29 is 14.3 Å². The number of rotatable bonds is 4. The van der Waals surface area contributed by atoms with E-state index in [9.17, 15) is 9.59 Å². The number of likely N-dealkylation sites (tertiary alicyclic amines) is 1. The number of hydrogen-bond donors (Lipinski definition) is 1.